The second kappa shape index (κ2) is 12.2. The van der Waals surface area contributed by atoms with Gasteiger partial charge in [-0.3, -0.25) is 0 Å². The number of methoxy groups -OCH3 is 1. The van der Waals surface area contributed by atoms with Crippen molar-refractivity contribution < 1.29 is 35.8 Å². The van der Waals surface area contributed by atoms with E-state index in [1.807, 2.05) is 12.1 Å². The Hall–Kier alpha value is -1.27. The van der Waals surface area contributed by atoms with E-state index in [0.717, 1.165) is 30.1 Å². The summed E-state index contributed by atoms with van der Waals surface area (Å²) in [5, 5.41) is 9.59. The number of hydrogen-bond donors (Lipinski definition) is 1. The van der Waals surface area contributed by atoms with Crippen molar-refractivity contribution in [3.8, 4) is 11.5 Å². The first kappa shape index (κ1) is 21.0. The molecule has 0 amide bonds. The summed E-state index contributed by atoms with van der Waals surface area (Å²) in [6.07, 6.45) is 7.68. The van der Waals surface area contributed by atoms with Crippen LogP contribution in [0.3, 0.4) is 0 Å². The molecule has 0 aliphatic rings. The van der Waals surface area contributed by atoms with Gasteiger partial charge in [0.2, 0.25) is 0 Å². The van der Waals surface area contributed by atoms with E-state index >= 15 is 0 Å². The van der Waals surface area contributed by atoms with Gasteiger partial charge in [0, 0.05) is 0 Å². The summed E-state index contributed by atoms with van der Waals surface area (Å²) in [5.74, 6) is 1.74. The van der Waals surface area contributed by atoms with Crippen LogP contribution in [0.5, 0.6) is 11.5 Å². The first-order chi connectivity index (χ1) is 12.8. The zero-order valence-electron chi connectivity index (χ0n) is 15.8. The van der Waals surface area contributed by atoms with Gasteiger partial charge in [-0.15, -0.1) is 0 Å². The molecule has 0 saturated heterocycles. The van der Waals surface area contributed by atoms with E-state index in [4.69, 9.17) is 9.47 Å². The van der Waals surface area contributed by atoms with E-state index in [-0.39, 0.29) is 27.8 Å². The first-order valence-electron chi connectivity index (χ1n) is 9.42. The van der Waals surface area contributed by atoms with Gasteiger partial charge < -0.3 is 0 Å². The van der Waals surface area contributed by atoms with Crippen molar-refractivity contribution in [3.63, 3.8) is 0 Å². The van der Waals surface area contributed by atoms with Gasteiger partial charge in [0.25, 0.3) is 0 Å². The molecule has 0 atom stereocenters. The molecular weight excluding hydrogens is 439 g/mol. The Morgan fingerprint density at radius 2 is 1.58 bits per heavy atom. The van der Waals surface area contributed by atoms with Gasteiger partial charge in [-0.1, -0.05) is 6.92 Å². The SMILES string of the molecule is CCCCCCCCOc1ccc([I-]c2ccc(OC)cc2CO)cc1. The molecule has 3 nitrogen and oxygen atoms in total. The van der Waals surface area contributed by atoms with E-state index < -0.39 is 0 Å². The number of halogens is 1. The van der Waals surface area contributed by atoms with E-state index in [2.05, 4.69) is 37.3 Å². The van der Waals surface area contributed by atoms with E-state index in [9.17, 15) is 5.11 Å². The quantitative estimate of drug-likeness (QED) is 0.382. The van der Waals surface area contributed by atoms with Gasteiger partial charge in [-0.2, -0.15) is 0 Å². The Morgan fingerprint density at radius 1 is 0.885 bits per heavy atom. The molecule has 0 aromatic heterocycles. The summed E-state index contributed by atoms with van der Waals surface area (Å²) in [5.41, 5.74) is 0.959. The number of rotatable bonds is 12. The van der Waals surface area contributed by atoms with Gasteiger partial charge >= 0.3 is 161 Å². The molecule has 0 heterocycles. The van der Waals surface area contributed by atoms with E-state index in [0.29, 0.717) is 0 Å². The fourth-order valence-corrected chi connectivity index (χ4v) is 5.10. The fourth-order valence-electron chi connectivity index (χ4n) is 2.68. The monoisotopic (exact) mass is 469 g/mol. The second-order valence-corrected chi connectivity index (χ2v) is 9.23. The average Bonchev–Trinajstić information content (AvgIpc) is 2.68. The van der Waals surface area contributed by atoms with Crippen molar-refractivity contribution in [1.82, 2.24) is 0 Å². The topological polar surface area (TPSA) is 38.7 Å². The minimum absolute atomic E-state index is 0.0473. The molecule has 2 aromatic rings. The normalized spacial score (nSPS) is 10.9. The summed E-state index contributed by atoms with van der Waals surface area (Å²) >= 11 is -0.327. The van der Waals surface area contributed by atoms with Gasteiger partial charge in [0.15, 0.2) is 0 Å². The third-order valence-electron chi connectivity index (χ3n) is 4.21. The number of aliphatic hydroxyl groups is 1. The van der Waals surface area contributed by atoms with Crippen molar-refractivity contribution in [2.75, 3.05) is 13.7 Å². The molecule has 0 saturated carbocycles. The summed E-state index contributed by atoms with van der Waals surface area (Å²) in [4.78, 5) is 0. The van der Waals surface area contributed by atoms with Crippen LogP contribution >= 0.6 is 0 Å². The Kier molecular flexibility index (Phi) is 9.85. The summed E-state index contributed by atoms with van der Waals surface area (Å²) in [6.45, 7) is 3.09. The van der Waals surface area contributed by atoms with Crippen LogP contribution in [0.2, 0.25) is 0 Å². The Balaban J connectivity index is 1.80. The van der Waals surface area contributed by atoms with Gasteiger partial charge in [0.05, 0.1) is 0 Å². The van der Waals surface area contributed by atoms with Crippen LogP contribution in [0, 0.1) is 7.14 Å². The van der Waals surface area contributed by atoms with Crippen molar-refractivity contribution in [2.45, 2.75) is 52.1 Å². The van der Waals surface area contributed by atoms with Crippen molar-refractivity contribution in [1.29, 1.82) is 0 Å². The van der Waals surface area contributed by atoms with Gasteiger partial charge in [0.1, 0.15) is 0 Å². The van der Waals surface area contributed by atoms with Crippen LogP contribution in [-0.2, 0) is 6.61 Å². The zero-order chi connectivity index (χ0) is 18.6. The van der Waals surface area contributed by atoms with Crippen LogP contribution in [0.15, 0.2) is 42.5 Å². The number of hydrogen-bond acceptors (Lipinski definition) is 3. The van der Waals surface area contributed by atoms with Crippen molar-refractivity contribution >= 4 is 0 Å². The Bertz CT molecular complexity index is 640. The molecule has 26 heavy (non-hydrogen) atoms. The molecule has 0 spiro atoms. The maximum absolute atomic E-state index is 9.59. The van der Waals surface area contributed by atoms with Crippen LogP contribution in [0.1, 0.15) is 51.0 Å². The Morgan fingerprint density at radius 3 is 2.27 bits per heavy atom. The van der Waals surface area contributed by atoms with Gasteiger partial charge in [-0.05, 0) is 0 Å². The molecule has 0 unspecified atom stereocenters. The van der Waals surface area contributed by atoms with E-state index in [1.54, 1.807) is 7.11 Å². The molecule has 0 bridgehead atoms. The molecule has 0 radical (unpaired) electrons. The molecule has 4 heteroatoms. The maximum atomic E-state index is 9.59. The van der Waals surface area contributed by atoms with Crippen molar-refractivity contribution in [3.05, 3.63) is 55.2 Å². The third-order valence-corrected chi connectivity index (χ3v) is 7.19. The summed E-state index contributed by atoms with van der Waals surface area (Å²) in [6, 6.07) is 14.4. The predicted octanol–water partition coefficient (Wildman–Crippen LogP) is 2.06. The summed E-state index contributed by atoms with van der Waals surface area (Å²) in [7, 11) is 1.65. The minimum atomic E-state index is -0.327. The molecule has 2 aromatic carbocycles. The number of unbranched alkanes of at least 4 members (excludes halogenated alkanes) is 5. The predicted molar refractivity (Wildman–Crippen MR) is 102 cm³/mol. The number of benzene rings is 2. The molecule has 144 valence electrons. The molecular formula is C22H30IO3-. The van der Waals surface area contributed by atoms with Crippen LogP contribution in [0.25, 0.3) is 0 Å². The first-order valence-corrected chi connectivity index (χ1v) is 11.6. The second-order valence-electron chi connectivity index (χ2n) is 6.28. The molecule has 2 rings (SSSR count). The Labute approximate surface area is 168 Å². The molecule has 1 N–H and O–H groups in total. The van der Waals surface area contributed by atoms with Crippen LogP contribution < -0.4 is 30.7 Å². The van der Waals surface area contributed by atoms with Crippen LogP contribution in [-0.4, -0.2) is 18.8 Å². The number of ether oxygens (including phenoxy) is 2. The molecule has 0 aliphatic carbocycles. The van der Waals surface area contributed by atoms with Crippen LogP contribution in [0.4, 0.5) is 0 Å². The van der Waals surface area contributed by atoms with Crippen molar-refractivity contribution in [2.24, 2.45) is 0 Å². The van der Waals surface area contributed by atoms with E-state index in [1.165, 1.54) is 39.2 Å². The standard InChI is InChI=1S/C22H30IO3/c1-3-4-5-6-7-8-15-26-20-11-9-19(10-12-20)23-22-14-13-21(25-2)16-18(22)17-24/h9-14,16,24H,3-8,15,17H2,1-2H3/q-1. The number of aliphatic hydroxyl groups excluding tert-OH is 1. The third kappa shape index (κ3) is 7.16. The molecule has 0 aliphatic heterocycles. The zero-order valence-corrected chi connectivity index (χ0v) is 18.0. The average molecular weight is 469 g/mol. The fraction of sp³-hybridized carbons (Fsp3) is 0.455. The molecule has 0 fully saturated rings. The summed E-state index contributed by atoms with van der Waals surface area (Å²) < 4.78 is 13.6. The van der Waals surface area contributed by atoms with Gasteiger partial charge in [-0.25, -0.2) is 0 Å².